The van der Waals surface area contributed by atoms with Crippen LogP contribution in [-0.2, 0) is 0 Å². The highest BCUT2D eigenvalue weighted by Crippen LogP contribution is 2.07. The number of rotatable bonds is 1. The lowest BCUT2D eigenvalue weighted by molar-refractivity contribution is 1.28. The molecule has 0 aliphatic carbocycles. The maximum Gasteiger partial charge on any atom is 0.129 e. The lowest BCUT2D eigenvalue weighted by Crippen LogP contribution is -1.80. The van der Waals surface area contributed by atoms with E-state index in [0.717, 1.165) is 5.69 Å². The van der Waals surface area contributed by atoms with Gasteiger partial charge in [-0.1, -0.05) is 23.2 Å². The molecule has 0 radical (unpaired) electrons. The molecule has 0 N–H and O–H groups in total. The van der Waals surface area contributed by atoms with Crippen LogP contribution in [0.2, 0.25) is 5.15 Å². The summed E-state index contributed by atoms with van der Waals surface area (Å²) in [6, 6.07) is 5.59. The second kappa shape index (κ2) is 3.54. The van der Waals surface area contributed by atoms with Crippen molar-refractivity contribution in [2.75, 3.05) is 0 Å². The molecule has 0 aliphatic rings. The molecule has 58 valence electrons. The van der Waals surface area contributed by atoms with Gasteiger partial charge in [-0.15, -0.1) is 0 Å². The van der Waals surface area contributed by atoms with Crippen molar-refractivity contribution in [3.8, 4) is 0 Å². The van der Waals surface area contributed by atoms with Crippen LogP contribution in [0.1, 0.15) is 19.5 Å². The van der Waals surface area contributed by atoms with Crippen LogP contribution in [0.4, 0.5) is 0 Å². The topological polar surface area (TPSA) is 12.9 Å². The van der Waals surface area contributed by atoms with Crippen LogP contribution < -0.4 is 0 Å². The van der Waals surface area contributed by atoms with E-state index in [-0.39, 0.29) is 0 Å². The Morgan fingerprint density at radius 1 is 1.45 bits per heavy atom. The average Bonchev–Trinajstić information content (AvgIpc) is 1.85. The van der Waals surface area contributed by atoms with E-state index in [9.17, 15) is 0 Å². The molecule has 0 aliphatic heterocycles. The summed E-state index contributed by atoms with van der Waals surface area (Å²) in [5.74, 6) is 0. The van der Waals surface area contributed by atoms with Gasteiger partial charge in [0.1, 0.15) is 5.15 Å². The highest BCUT2D eigenvalue weighted by atomic mass is 35.5. The quantitative estimate of drug-likeness (QED) is 0.586. The molecule has 0 unspecified atom stereocenters. The van der Waals surface area contributed by atoms with Crippen LogP contribution in [0.25, 0.3) is 6.08 Å². The van der Waals surface area contributed by atoms with Crippen molar-refractivity contribution in [1.82, 2.24) is 4.98 Å². The van der Waals surface area contributed by atoms with Gasteiger partial charge in [0.25, 0.3) is 0 Å². The summed E-state index contributed by atoms with van der Waals surface area (Å²) in [6.45, 7) is 4.06. The Kier molecular flexibility index (Phi) is 2.66. The molecule has 0 fully saturated rings. The van der Waals surface area contributed by atoms with Crippen LogP contribution in [0, 0.1) is 0 Å². The zero-order valence-corrected chi connectivity index (χ0v) is 7.39. The summed E-state index contributed by atoms with van der Waals surface area (Å²) in [5, 5.41) is 0.542. The Bertz CT molecular complexity index is 275. The third-order valence-corrected chi connectivity index (χ3v) is 1.38. The Morgan fingerprint density at radius 3 is 2.73 bits per heavy atom. The number of halogens is 1. The molecule has 1 aromatic heterocycles. The van der Waals surface area contributed by atoms with Gasteiger partial charge in [0, 0.05) is 0 Å². The molecule has 1 heterocycles. The molecule has 0 saturated heterocycles. The maximum atomic E-state index is 5.69. The first kappa shape index (κ1) is 8.28. The molecule has 0 atom stereocenters. The third kappa shape index (κ3) is 2.72. The fourth-order valence-electron chi connectivity index (χ4n) is 0.800. The highest BCUT2D eigenvalue weighted by molar-refractivity contribution is 6.29. The SMILES string of the molecule is CC(C)=Cc1cccc(Cl)n1. The van der Waals surface area contributed by atoms with Gasteiger partial charge < -0.3 is 0 Å². The summed E-state index contributed by atoms with van der Waals surface area (Å²) in [6.07, 6.45) is 1.99. The average molecular weight is 168 g/mol. The van der Waals surface area contributed by atoms with Gasteiger partial charge in [0.15, 0.2) is 0 Å². The fourth-order valence-corrected chi connectivity index (χ4v) is 0.970. The minimum absolute atomic E-state index is 0.542. The minimum Gasteiger partial charge on any atom is -0.237 e. The Morgan fingerprint density at radius 2 is 2.18 bits per heavy atom. The lowest BCUT2D eigenvalue weighted by atomic mass is 10.2. The van der Waals surface area contributed by atoms with Crippen LogP contribution >= 0.6 is 11.6 Å². The van der Waals surface area contributed by atoms with Crippen molar-refractivity contribution in [3.05, 3.63) is 34.6 Å². The fraction of sp³-hybridized carbons (Fsp3) is 0.222. The van der Waals surface area contributed by atoms with Crippen molar-refractivity contribution >= 4 is 17.7 Å². The summed E-state index contributed by atoms with van der Waals surface area (Å²) < 4.78 is 0. The van der Waals surface area contributed by atoms with E-state index in [1.54, 1.807) is 6.07 Å². The largest absolute Gasteiger partial charge is 0.237 e. The van der Waals surface area contributed by atoms with E-state index in [1.807, 2.05) is 32.1 Å². The van der Waals surface area contributed by atoms with E-state index in [2.05, 4.69) is 4.98 Å². The molecule has 0 spiro atoms. The molecular formula is C9H10ClN. The normalized spacial score (nSPS) is 9.36. The number of aromatic nitrogens is 1. The van der Waals surface area contributed by atoms with Gasteiger partial charge in [-0.3, -0.25) is 0 Å². The summed E-state index contributed by atoms with van der Waals surface area (Å²) in [7, 11) is 0. The molecule has 1 aromatic rings. The number of hydrogen-bond donors (Lipinski definition) is 0. The van der Waals surface area contributed by atoms with E-state index < -0.39 is 0 Å². The van der Waals surface area contributed by atoms with Gasteiger partial charge in [0.05, 0.1) is 5.69 Å². The minimum atomic E-state index is 0.542. The molecule has 11 heavy (non-hydrogen) atoms. The number of hydrogen-bond acceptors (Lipinski definition) is 1. The predicted molar refractivity (Wildman–Crippen MR) is 48.6 cm³/mol. The van der Waals surface area contributed by atoms with Crippen molar-refractivity contribution in [3.63, 3.8) is 0 Å². The Hall–Kier alpha value is -0.820. The van der Waals surface area contributed by atoms with E-state index in [1.165, 1.54) is 5.57 Å². The van der Waals surface area contributed by atoms with Gasteiger partial charge >= 0.3 is 0 Å². The first-order chi connectivity index (χ1) is 5.18. The summed E-state index contributed by atoms with van der Waals surface area (Å²) in [5.41, 5.74) is 2.14. The van der Waals surface area contributed by atoms with Crippen molar-refractivity contribution in [2.24, 2.45) is 0 Å². The summed E-state index contributed by atoms with van der Waals surface area (Å²) >= 11 is 5.69. The first-order valence-electron chi connectivity index (χ1n) is 3.46. The highest BCUT2D eigenvalue weighted by Gasteiger charge is 1.89. The van der Waals surface area contributed by atoms with Crippen molar-refractivity contribution in [1.29, 1.82) is 0 Å². The summed E-state index contributed by atoms with van der Waals surface area (Å²) in [4.78, 5) is 4.10. The first-order valence-corrected chi connectivity index (χ1v) is 3.84. The van der Waals surface area contributed by atoms with Crippen molar-refractivity contribution in [2.45, 2.75) is 13.8 Å². The maximum absolute atomic E-state index is 5.69. The molecule has 0 amide bonds. The van der Waals surface area contributed by atoms with Crippen LogP contribution in [0.15, 0.2) is 23.8 Å². The zero-order valence-electron chi connectivity index (χ0n) is 6.63. The molecular weight excluding hydrogens is 158 g/mol. The second-order valence-corrected chi connectivity index (χ2v) is 2.99. The molecule has 0 aromatic carbocycles. The smallest absolute Gasteiger partial charge is 0.129 e. The van der Waals surface area contributed by atoms with Crippen molar-refractivity contribution < 1.29 is 0 Å². The number of allylic oxidation sites excluding steroid dienone is 1. The molecule has 0 bridgehead atoms. The lowest BCUT2D eigenvalue weighted by Gasteiger charge is -1.93. The monoisotopic (exact) mass is 167 g/mol. The van der Waals surface area contributed by atoms with Crippen LogP contribution in [0.5, 0.6) is 0 Å². The Balaban J connectivity index is 2.97. The molecule has 1 rings (SSSR count). The van der Waals surface area contributed by atoms with Crippen LogP contribution in [-0.4, -0.2) is 4.98 Å². The number of pyridine rings is 1. The van der Waals surface area contributed by atoms with Gasteiger partial charge in [-0.05, 0) is 32.1 Å². The second-order valence-electron chi connectivity index (χ2n) is 2.61. The van der Waals surface area contributed by atoms with Crippen LogP contribution in [0.3, 0.4) is 0 Å². The zero-order chi connectivity index (χ0) is 8.27. The van der Waals surface area contributed by atoms with E-state index in [0.29, 0.717) is 5.15 Å². The molecule has 1 nitrogen and oxygen atoms in total. The predicted octanol–water partition coefficient (Wildman–Crippen LogP) is 3.16. The molecule has 2 heteroatoms. The van der Waals surface area contributed by atoms with Gasteiger partial charge in [-0.25, -0.2) is 4.98 Å². The van der Waals surface area contributed by atoms with Gasteiger partial charge in [0.2, 0.25) is 0 Å². The van der Waals surface area contributed by atoms with E-state index >= 15 is 0 Å². The Labute approximate surface area is 71.7 Å². The van der Waals surface area contributed by atoms with Gasteiger partial charge in [-0.2, -0.15) is 0 Å². The number of nitrogens with zero attached hydrogens (tertiary/aromatic N) is 1. The van der Waals surface area contributed by atoms with E-state index in [4.69, 9.17) is 11.6 Å². The molecule has 0 saturated carbocycles. The third-order valence-electron chi connectivity index (χ3n) is 1.17. The standard InChI is InChI=1S/C9H10ClN/c1-7(2)6-8-4-3-5-9(10)11-8/h3-6H,1-2H3.